The van der Waals surface area contributed by atoms with Gasteiger partial charge in [0.25, 0.3) is 0 Å². The molecule has 3 aromatic rings. The molecule has 13 heteroatoms. The second-order valence-electron chi connectivity index (χ2n) is 15.8. The summed E-state index contributed by atoms with van der Waals surface area (Å²) < 4.78 is 43.4. The fourth-order valence-corrected chi connectivity index (χ4v) is 8.54. The highest BCUT2D eigenvalue weighted by molar-refractivity contribution is 7.87. The zero-order valence-electron chi connectivity index (χ0n) is 31.4. The number of para-hydroxylation sites is 1. The van der Waals surface area contributed by atoms with Gasteiger partial charge < -0.3 is 24.0 Å². The molecule has 1 saturated carbocycles. The van der Waals surface area contributed by atoms with Crippen molar-refractivity contribution in [3.8, 4) is 17.0 Å². The number of hydrogen-bond acceptors (Lipinski definition) is 8. The molecule has 2 heterocycles. The fourth-order valence-electron chi connectivity index (χ4n) is 7.45. The number of carboxylic acid groups (broad SMARTS) is 1. The van der Waals surface area contributed by atoms with Crippen LogP contribution in [0, 0.1) is 0 Å². The van der Waals surface area contributed by atoms with Crippen molar-refractivity contribution in [2.24, 2.45) is 0 Å². The van der Waals surface area contributed by atoms with Gasteiger partial charge in [-0.3, -0.25) is 4.90 Å². The van der Waals surface area contributed by atoms with Gasteiger partial charge in [-0.1, -0.05) is 37.5 Å². The summed E-state index contributed by atoms with van der Waals surface area (Å²) in [5, 5.41) is 11.1. The van der Waals surface area contributed by atoms with Crippen molar-refractivity contribution in [3.63, 3.8) is 0 Å². The van der Waals surface area contributed by atoms with E-state index in [0.717, 1.165) is 45.1 Å². The first-order valence-electron chi connectivity index (χ1n) is 17.9. The van der Waals surface area contributed by atoms with E-state index in [0.29, 0.717) is 38.7 Å². The maximum Gasteiger partial charge on any atom is 0.422 e. The summed E-state index contributed by atoms with van der Waals surface area (Å²) in [7, 11) is 1.31. The van der Waals surface area contributed by atoms with Crippen molar-refractivity contribution < 1.29 is 32.6 Å². The van der Waals surface area contributed by atoms with E-state index in [-0.39, 0.29) is 11.6 Å². The first-order valence-corrected chi connectivity index (χ1v) is 19.3. The number of aromatic carboxylic acids is 1. The molecule has 280 valence electrons. The van der Waals surface area contributed by atoms with Crippen LogP contribution in [0.25, 0.3) is 22.2 Å². The van der Waals surface area contributed by atoms with Gasteiger partial charge in [-0.05, 0) is 97.3 Å². The van der Waals surface area contributed by atoms with Crippen molar-refractivity contribution >= 4 is 33.2 Å². The van der Waals surface area contributed by atoms with E-state index in [9.17, 15) is 23.1 Å². The molecule has 51 heavy (non-hydrogen) atoms. The quantitative estimate of drug-likeness (QED) is 0.239. The first kappa shape index (κ1) is 38.6. The Bertz CT molecular complexity index is 1840. The molecular weight excluding hydrogens is 671 g/mol. The summed E-state index contributed by atoms with van der Waals surface area (Å²) in [5.74, 6) is 0.258. The molecule has 1 aliphatic carbocycles. The topological polar surface area (TPSA) is 134 Å². The standard InChI is InChI=1S/C38H55N5O7S/c1-37(2,3)50-36(46)39-51(47,48)42(8)38(4,5)25-40(6)20-21-41(7)28-23-43-31-22-27(35(44)45)18-19-29(31)33(26-14-10-9-11-15-26)34(43)30-16-12-13-17-32(30)49-24-28/h12-13,16-19,22,26,28H,9-11,14-15,20-21,23-25H2,1-8H3,(H,39,46)(H,44,45)/t28-/m1/s1. The van der Waals surface area contributed by atoms with Crippen LogP contribution in [0.4, 0.5) is 4.79 Å². The van der Waals surface area contributed by atoms with Gasteiger partial charge in [0.1, 0.15) is 18.0 Å². The number of amides is 1. The molecule has 1 atom stereocenters. The van der Waals surface area contributed by atoms with Crippen LogP contribution in [-0.4, -0.2) is 109 Å². The number of carboxylic acids is 1. The number of nitrogens with zero attached hydrogens (tertiary/aromatic N) is 4. The van der Waals surface area contributed by atoms with Gasteiger partial charge in [0, 0.05) is 55.2 Å². The van der Waals surface area contributed by atoms with E-state index in [1.807, 2.05) is 55.9 Å². The van der Waals surface area contributed by atoms with Crippen LogP contribution >= 0.6 is 0 Å². The Balaban J connectivity index is 1.37. The molecule has 1 fully saturated rings. The summed E-state index contributed by atoms with van der Waals surface area (Å²) in [4.78, 5) is 28.7. The third-order valence-electron chi connectivity index (χ3n) is 10.3. The second-order valence-corrected chi connectivity index (χ2v) is 17.5. The van der Waals surface area contributed by atoms with Crippen molar-refractivity contribution in [2.45, 2.75) is 96.4 Å². The molecule has 0 radical (unpaired) electrons. The lowest BCUT2D eigenvalue weighted by Crippen LogP contribution is -2.56. The first-order chi connectivity index (χ1) is 23.9. The summed E-state index contributed by atoms with van der Waals surface area (Å²) in [6.07, 6.45) is 4.79. The van der Waals surface area contributed by atoms with Crippen LogP contribution in [0.2, 0.25) is 0 Å². The molecule has 2 aromatic carbocycles. The molecule has 0 bridgehead atoms. The van der Waals surface area contributed by atoms with Gasteiger partial charge in [-0.2, -0.15) is 12.7 Å². The number of benzene rings is 2. The molecule has 5 rings (SSSR count). The highest BCUT2D eigenvalue weighted by Crippen LogP contribution is 2.47. The zero-order valence-corrected chi connectivity index (χ0v) is 32.2. The number of likely N-dealkylation sites (N-methyl/N-ethyl adjacent to an activating group) is 3. The number of hydrogen-bond donors (Lipinski definition) is 2. The lowest BCUT2D eigenvalue weighted by atomic mass is 9.81. The maximum absolute atomic E-state index is 13.1. The number of fused-ring (bicyclic) bond motifs is 5. The summed E-state index contributed by atoms with van der Waals surface area (Å²) in [6.45, 7) is 11.4. The van der Waals surface area contributed by atoms with Crippen LogP contribution in [0.5, 0.6) is 5.75 Å². The Kier molecular flexibility index (Phi) is 11.5. The highest BCUT2D eigenvalue weighted by atomic mass is 32.2. The molecule has 0 saturated heterocycles. The predicted octanol–water partition coefficient (Wildman–Crippen LogP) is 6.16. The molecule has 2 N–H and O–H groups in total. The molecule has 1 aliphatic heterocycles. The monoisotopic (exact) mass is 725 g/mol. The summed E-state index contributed by atoms with van der Waals surface area (Å²) in [5.41, 5.74) is 2.97. The van der Waals surface area contributed by atoms with E-state index >= 15 is 0 Å². The van der Waals surface area contributed by atoms with Crippen molar-refractivity contribution in [1.82, 2.24) is 23.4 Å². The third-order valence-corrected chi connectivity index (χ3v) is 11.9. The van der Waals surface area contributed by atoms with Crippen LogP contribution < -0.4 is 9.46 Å². The molecular formula is C38H55N5O7S. The minimum Gasteiger partial charge on any atom is -0.491 e. The molecule has 1 aromatic heterocycles. The van der Waals surface area contributed by atoms with Gasteiger partial charge in [-0.25, -0.2) is 14.3 Å². The Morgan fingerprint density at radius 2 is 1.69 bits per heavy atom. The molecule has 12 nitrogen and oxygen atoms in total. The number of rotatable bonds is 11. The number of carbonyl (C=O) groups excluding carboxylic acids is 1. The van der Waals surface area contributed by atoms with Crippen LogP contribution in [0.3, 0.4) is 0 Å². The van der Waals surface area contributed by atoms with E-state index in [4.69, 9.17) is 9.47 Å². The Labute approximate surface area is 302 Å². The number of carbonyl (C=O) groups is 2. The lowest BCUT2D eigenvalue weighted by molar-refractivity contribution is 0.0563. The van der Waals surface area contributed by atoms with Crippen LogP contribution in [0.15, 0.2) is 42.5 Å². The molecule has 0 unspecified atom stereocenters. The van der Waals surface area contributed by atoms with Gasteiger partial charge in [-0.15, -0.1) is 0 Å². The second kappa shape index (κ2) is 15.1. The van der Waals surface area contributed by atoms with Crippen molar-refractivity contribution in [1.29, 1.82) is 0 Å². The normalized spacial score (nSPS) is 17.5. The van der Waals surface area contributed by atoms with E-state index in [2.05, 4.69) is 27.5 Å². The van der Waals surface area contributed by atoms with E-state index in [1.54, 1.807) is 26.8 Å². The van der Waals surface area contributed by atoms with Gasteiger partial charge in [0.15, 0.2) is 0 Å². The number of aromatic nitrogens is 1. The minimum atomic E-state index is -4.16. The van der Waals surface area contributed by atoms with E-state index in [1.165, 1.54) is 31.9 Å². The number of nitrogens with one attached hydrogen (secondary N) is 1. The summed E-state index contributed by atoms with van der Waals surface area (Å²) >= 11 is 0. The highest BCUT2D eigenvalue weighted by Gasteiger charge is 2.36. The lowest BCUT2D eigenvalue weighted by Gasteiger charge is -2.38. The van der Waals surface area contributed by atoms with Crippen LogP contribution in [0.1, 0.15) is 88.6 Å². The average molecular weight is 726 g/mol. The van der Waals surface area contributed by atoms with Gasteiger partial charge in [0.2, 0.25) is 0 Å². The van der Waals surface area contributed by atoms with E-state index < -0.39 is 33.4 Å². The molecule has 0 spiro atoms. The van der Waals surface area contributed by atoms with Gasteiger partial charge >= 0.3 is 22.3 Å². The van der Waals surface area contributed by atoms with Crippen molar-refractivity contribution in [2.75, 3.05) is 47.4 Å². The Morgan fingerprint density at radius 1 is 1.00 bits per heavy atom. The smallest absolute Gasteiger partial charge is 0.422 e. The maximum atomic E-state index is 13.1. The summed E-state index contributed by atoms with van der Waals surface area (Å²) in [6, 6.07) is 13.7. The zero-order chi connectivity index (χ0) is 37.3. The van der Waals surface area contributed by atoms with Crippen molar-refractivity contribution in [3.05, 3.63) is 53.6 Å². The average Bonchev–Trinajstić information content (AvgIpc) is 3.35. The molecule has 1 amide bonds. The Morgan fingerprint density at radius 3 is 2.35 bits per heavy atom. The van der Waals surface area contributed by atoms with Crippen LogP contribution in [-0.2, 0) is 21.5 Å². The predicted molar refractivity (Wildman–Crippen MR) is 200 cm³/mol. The fraction of sp³-hybridized carbons (Fsp3) is 0.579. The number of ether oxygens (including phenoxy) is 2. The SMILES string of the molecule is CN(CCN(C)[C@H]1COc2ccccc2-c2c(C3CCCCC3)c3ccc(C(=O)O)cc3n2C1)CC(C)(C)N(C)S(=O)(=O)NC(=O)OC(C)(C)C. The van der Waals surface area contributed by atoms with Gasteiger partial charge in [0.05, 0.1) is 17.3 Å². The minimum absolute atomic E-state index is 0.0390. The third kappa shape index (κ3) is 8.88. The Hall–Kier alpha value is -3.65. The molecule has 2 aliphatic rings. The largest absolute Gasteiger partial charge is 0.491 e.